The van der Waals surface area contributed by atoms with Gasteiger partial charge in [-0.1, -0.05) is 6.92 Å². The normalized spacial score (nSPS) is 36.3. The molecular weight excluding hydrogens is 138 g/mol. The molecule has 0 saturated carbocycles. The van der Waals surface area contributed by atoms with E-state index in [0.29, 0.717) is 5.41 Å². The fraction of sp³-hybridized carbons (Fsp3) is 1.00. The lowest BCUT2D eigenvalue weighted by atomic mass is 9.72. The van der Waals surface area contributed by atoms with Crippen LogP contribution in [-0.2, 0) is 4.74 Å². The molecule has 0 bridgehead atoms. The van der Waals surface area contributed by atoms with Crippen molar-refractivity contribution in [3.63, 3.8) is 0 Å². The standard InChI is InChI=1S/C9H17NO/c1-9(8-2-5-10-8)3-6-11-7-4-9/h8,10H,2-7H2,1H3. The second-order valence-corrected chi connectivity index (χ2v) is 4.06. The predicted octanol–water partition coefficient (Wildman–Crippen LogP) is 1.17. The van der Waals surface area contributed by atoms with Crippen LogP contribution in [0.1, 0.15) is 26.2 Å². The highest BCUT2D eigenvalue weighted by Gasteiger charge is 2.38. The zero-order valence-corrected chi connectivity index (χ0v) is 7.23. The Bertz CT molecular complexity index is 136. The summed E-state index contributed by atoms with van der Waals surface area (Å²) >= 11 is 0. The number of ether oxygens (including phenoxy) is 1. The number of nitrogens with one attached hydrogen (secondary N) is 1. The van der Waals surface area contributed by atoms with Crippen LogP contribution in [0.4, 0.5) is 0 Å². The Morgan fingerprint density at radius 3 is 2.45 bits per heavy atom. The van der Waals surface area contributed by atoms with Gasteiger partial charge >= 0.3 is 0 Å². The maximum Gasteiger partial charge on any atom is 0.0471 e. The predicted molar refractivity (Wildman–Crippen MR) is 44.6 cm³/mol. The molecule has 2 rings (SSSR count). The van der Waals surface area contributed by atoms with Crippen LogP contribution >= 0.6 is 0 Å². The summed E-state index contributed by atoms with van der Waals surface area (Å²) in [7, 11) is 0. The van der Waals surface area contributed by atoms with Crippen LogP contribution in [0.25, 0.3) is 0 Å². The maximum atomic E-state index is 5.36. The van der Waals surface area contributed by atoms with Crippen molar-refractivity contribution in [2.75, 3.05) is 19.8 Å². The lowest BCUT2D eigenvalue weighted by Crippen LogP contribution is -2.55. The first-order valence-electron chi connectivity index (χ1n) is 4.62. The summed E-state index contributed by atoms with van der Waals surface area (Å²) in [5.41, 5.74) is 0.538. The second kappa shape index (κ2) is 2.76. The maximum absolute atomic E-state index is 5.36. The summed E-state index contributed by atoms with van der Waals surface area (Å²) in [4.78, 5) is 0. The van der Waals surface area contributed by atoms with Gasteiger partial charge in [-0.2, -0.15) is 0 Å². The molecule has 0 amide bonds. The minimum absolute atomic E-state index is 0.538. The van der Waals surface area contributed by atoms with Crippen LogP contribution < -0.4 is 5.32 Å². The largest absolute Gasteiger partial charge is 0.381 e. The Hall–Kier alpha value is -0.0800. The highest BCUT2D eigenvalue weighted by atomic mass is 16.5. The first-order valence-corrected chi connectivity index (χ1v) is 4.62. The van der Waals surface area contributed by atoms with Crippen molar-refractivity contribution >= 4 is 0 Å². The first-order chi connectivity index (χ1) is 5.31. The van der Waals surface area contributed by atoms with E-state index in [0.717, 1.165) is 19.3 Å². The fourth-order valence-electron chi connectivity index (χ4n) is 2.07. The highest BCUT2D eigenvalue weighted by Crippen LogP contribution is 2.37. The quantitative estimate of drug-likeness (QED) is 0.613. The minimum Gasteiger partial charge on any atom is -0.381 e. The van der Waals surface area contributed by atoms with Gasteiger partial charge in [-0.3, -0.25) is 0 Å². The van der Waals surface area contributed by atoms with Gasteiger partial charge in [0.2, 0.25) is 0 Å². The Morgan fingerprint density at radius 2 is 2.00 bits per heavy atom. The van der Waals surface area contributed by atoms with E-state index < -0.39 is 0 Å². The minimum atomic E-state index is 0.538. The van der Waals surface area contributed by atoms with Gasteiger partial charge in [0.05, 0.1) is 0 Å². The molecule has 2 fully saturated rings. The first kappa shape index (κ1) is 7.56. The molecule has 0 aromatic heterocycles. The van der Waals surface area contributed by atoms with E-state index in [1.54, 1.807) is 0 Å². The summed E-state index contributed by atoms with van der Waals surface area (Å²) in [6, 6.07) is 0.784. The highest BCUT2D eigenvalue weighted by molar-refractivity contribution is 4.94. The number of rotatable bonds is 1. The molecule has 11 heavy (non-hydrogen) atoms. The monoisotopic (exact) mass is 155 g/mol. The van der Waals surface area contributed by atoms with Gasteiger partial charge in [0.25, 0.3) is 0 Å². The van der Waals surface area contributed by atoms with Gasteiger partial charge in [-0.05, 0) is 31.2 Å². The molecule has 2 aliphatic heterocycles. The van der Waals surface area contributed by atoms with Crippen LogP contribution in [0.15, 0.2) is 0 Å². The van der Waals surface area contributed by atoms with Crippen molar-refractivity contribution in [2.24, 2.45) is 5.41 Å². The Balaban J connectivity index is 1.94. The van der Waals surface area contributed by atoms with E-state index in [9.17, 15) is 0 Å². The molecule has 2 saturated heterocycles. The summed E-state index contributed by atoms with van der Waals surface area (Å²) in [6.07, 6.45) is 3.85. The molecule has 2 nitrogen and oxygen atoms in total. The van der Waals surface area contributed by atoms with Crippen molar-refractivity contribution in [2.45, 2.75) is 32.2 Å². The van der Waals surface area contributed by atoms with Crippen LogP contribution in [0.3, 0.4) is 0 Å². The molecule has 2 heteroatoms. The molecule has 64 valence electrons. The molecule has 0 spiro atoms. The molecule has 0 aromatic rings. The Kier molecular flexibility index (Phi) is 1.90. The van der Waals surface area contributed by atoms with E-state index in [2.05, 4.69) is 12.2 Å². The van der Waals surface area contributed by atoms with Gasteiger partial charge in [-0.15, -0.1) is 0 Å². The lowest BCUT2D eigenvalue weighted by Gasteiger charge is -2.46. The van der Waals surface area contributed by atoms with Gasteiger partial charge < -0.3 is 10.1 Å². The SMILES string of the molecule is CC1(C2CCN2)CCOCC1. The molecule has 1 unspecified atom stereocenters. The van der Waals surface area contributed by atoms with Crippen LogP contribution in [0.5, 0.6) is 0 Å². The zero-order chi connectivity index (χ0) is 7.73. The summed E-state index contributed by atoms with van der Waals surface area (Å²) in [5.74, 6) is 0. The van der Waals surface area contributed by atoms with Crippen molar-refractivity contribution < 1.29 is 4.74 Å². The topological polar surface area (TPSA) is 21.3 Å². The van der Waals surface area contributed by atoms with Crippen molar-refractivity contribution in [3.8, 4) is 0 Å². The third-order valence-corrected chi connectivity index (χ3v) is 3.30. The van der Waals surface area contributed by atoms with Crippen LogP contribution in [-0.4, -0.2) is 25.8 Å². The van der Waals surface area contributed by atoms with Crippen LogP contribution in [0.2, 0.25) is 0 Å². The Labute approximate surface area is 68.3 Å². The fourth-order valence-corrected chi connectivity index (χ4v) is 2.07. The third kappa shape index (κ3) is 1.30. The summed E-state index contributed by atoms with van der Waals surface area (Å²) < 4.78 is 5.36. The van der Waals surface area contributed by atoms with Gasteiger partial charge in [0.15, 0.2) is 0 Å². The van der Waals surface area contributed by atoms with E-state index >= 15 is 0 Å². The number of hydrogen-bond acceptors (Lipinski definition) is 2. The third-order valence-electron chi connectivity index (χ3n) is 3.30. The van der Waals surface area contributed by atoms with Crippen molar-refractivity contribution in [3.05, 3.63) is 0 Å². The van der Waals surface area contributed by atoms with Gasteiger partial charge in [0.1, 0.15) is 0 Å². The molecule has 0 radical (unpaired) electrons. The van der Waals surface area contributed by atoms with Crippen LogP contribution in [0, 0.1) is 5.41 Å². The molecule has 0 aliphatic carbocycles. The molecule has 0 aromatic carbocycles. The smallest absolute Gasteiger partial charge is 0.0471 e. The molecular formula is C9H17NO. The zero-order valence-electron chi connectivity index (χ0n) is 7.23. The summed E-state index contributed by atoms with van der Waals surface area (Å²) in [5, 5.41) is 3.50. The average Bonchev–Trinajstić information content (AvgIpc) is 1.83. The lowest BCUT2D eigenvalue weighted by molar-refractivity contribution is -0.00965. The Morgan fingerprint density at radius 1 is 1.36 bits per heavy atom. The van der Waals surface area contributed by atoms with Gasteiger partial charge in [-0.25, -0.2) is 0 Å². The van der Waals surface area contributed by atoms with Crippen molar-refractivity contribution in [1.29, 1.82) is 0 Å². The number of hydrogen-bond donors (Lipinski definition) is 1. The second-order valence-electron chi connectivity index (χ2n) is 4.06. The van der Waals surface area contributed by atoms with Gasteiger partial charge in [0, 0.05) is 19.3 Å². The molecule has 1 atom stereocenters. The van der Waals surface area contributed by atoms with E-state index in [1.165, 1.54) is 25.8 Å². The van der Waals surface area contributed by atoms with E-state index in [-0.39, 0.29) is 0 Å². The van der Waals surface area contributed by atoms with E-state index in [1.807, 2.05) is 0 Å². The average molecular weight is 155 g/mol. The van der Waals surface area contributed by atoms with Crippen molar-refractivity contribution in [1.82, 2.24) is 5.32 Å². The van der Waals surface area contributed by atoms with E-state index in [4.69, 9.17) is 4.74 Å². The summed E-state index contributed by atoms with van der Waals surface area (Å²) in [6.45, 7) is 5.55. The molecule has 2 heterocycles. The molecule has 2 aliphatic rings. The molecule has 1 N–H and O–H groups in total.